The zero-order chi connectivity index (χ0) is 21.8. The van der Waals surface area contributed by atoms with Crippen molar-refractivity contribution in [2.45, 2.75) is 19.0 Å². The van der Waals surface area contributed by atoms with Crippen molar-refractivity contribution in [1.82, 2.24) is 15.2 Å². The van der Waals surface area contributed by atoms with E-state index in [1.807, 2.05) is 60.7 Å². The Bertz CT molecular complexity index is 1190. The number of carbonyl (C=O) groups excluding carboxylic acids is 1. The predicted molar refractivity (Wildman–Crippen MR) is 125 cm³/mol. The summed E-state index contributed by atoms with van der Waals surface area (Å²) in [4.78, 5) is 20.0. The molecule has 160 valence electrons. The number of hydrogen-bond donors (Lipinski definition) is 1. The fraction of sp³-hybridized carbons (Fsp3) is 0.185. The zero-order valence-electron chi connectivity index (χ0n) is 17.8. The molecule has 1 atom stereocenters. The van der Waals surface area contributed by atoms with E-state index >= 15 is 0 Å². The van der Waals surface area contributed by atoms with Crippen molar-refractivity contribution in [2.75, 3.05) is 13.1 Å². The number of carbonyl (C=O) groups is 1. The van der Waals surface area contributed by atoms with Gasteiger partial charge in [0.15, 0.2) is 5.76 Å². The molecule has 1 amide bonds. The lowest BCUT2D eigenvalue weighted by Gasteiger charge is -2.17. The van der Waals surface area contributed by atoms with E-state index < -0.39 is 0 Å². The lowest BCUT2D eigenvalue weighted by Crippen LogP contribution is -2.37. The number of nitrogens with zero attached hydrogens (tertiary/aromatic N) is 2. The van der Waals surface area contributed by atoms with E-state index in [9.17, 15) is 4.79 Å². The Balaban J connectivity index is 1.28. The molecule has 0 aliphatic carbocycles. The average Bonchev–Trinajstić information content (AvgIpc) is 3.50. The van der Waals surface area contributed by atoms with Crippen molar-refractivity contribution < 1.29 is 9.21 Å². The summed E-state index contributed by atoms with van der Waals surface area (Å²) in [5, 5.41) is 3.21. The largest absolute Gasteiger partial charge is 0.436 e. The highest BCUT2D eigenvalue weighted by molar-refractivity contribution is 6.00. The highest BCUT2D eigenvalue weighted by atomic mass is 16.4. The van der Waals surface area contributed by atoms with E-state index in [1.54, 1.807) is 6.20 Å². The molecule has 5 heteroatoms. The van der Waals surface area contributed by atoms with E-state index in [0.717, 1.165) is 31.6 Å². The smallest absolute Gasteiger partial charge is 0.252 e. The van der Waals surface area contributed by atoms with Crippen LogP contribution in [0.15, 0.2) is 95.5 Å². The summed E-state index contributed by atoms with van der Waals surface area (Å²) in [7, 11) is 0. The van der Waals surface area contributed by atoms with Crippen molar-refractivity contribution in [2.24, 2.45) is 0 Å². The van der Waals surface area contributed by atoms with Crippen molar-refractivity contribution in [1.29, 1.82) is 0 Å². The molecular weight excluding hydrogens is 398 g/mol. The molecular formula is C27H25N3O2. The van der Waals surface area contributed by atoms with Gasteiger partial charge in [-0.2, -0.15) is 0 Å². The molecule has 1 fully saturated rings. The Morgan fingerprint density at radius 2 is 1.69 bits per heavy atom. The summed E-state index contributed by atoms with van der Waals surface area (Å²) in [5.74, 6) is 1.04. The molecule has 0 spiro atoms. The van der Waals surface area contributed by atoms with Crippen LogP contribution in [-0.4, -0.2) is 34.9 Å². The summed E-state index contributed by atoms with van der Waals surface area (Å²) in [5.41, 5.74) is 3.53. The molecule has 1 saturated heterocycles. The number of amides is 1. The topological polar surface area (TPSA) is 58.4 Å². The van der Waals surface area contributed by atoms with Crippen LogP contribution in [0.25, 0.3) is 22.8 Å². The van der Waals surface area contributed by atoms with Gasteiger partial charge in [-0.3, -0.25) is 9.69 Å². The summed E-state index contributed by atoms with van der Waals surface area (Å²) in [6.07, 6.45) is 2.65. The van der Waals surface area contributed by atoms with Crippen LogP contribution in [0.3, 0.4) is 0 Å². The average molecular weight is 424 g/mol. The molecule has 1 aromatic heterocycles. The van der Waals surface area contributed by atoms with Gasteiger partial charge in [0.2, 0.25) is 5.89 Å². The molecule has 1 aliphatic heterocycles. The molecule has 0 unspecified atom stereocenters. The van der Waals surface area contributed by atoms with Gasteiger partial charge in [-0.25, -0.2) is 4.98 Å². The number of rotatable bonds is 6. The predicted octanol–water partition coefficient (Wildman–Crippen LogP) is 5.01. The fourth-order valence-electron chi connectivity index (χ4n) is 4.20. The van der Waals surface area contributed by atoms with Crippen LogP contribution < -0.4 is 5.32 Å². The second-order valence-corrected chi connectivity index (χ2v) is 8.12. The monoisotopic (exact) mass is 423 g/mol. The highest BCUT2D eigenvalue weighted by Gasteiger charge is 2.25. The number of nitrogens with one attached hydrogen (secondary N) is 1. The Morgan fingerprint density at radius 1 is 0.969 bits per heavy atom. The van der Waals surface area contributed by atoms with Gasteiger partial charge >= 0.3 is 0 Å². The van der Waals surface area contributed by atoms with Crippen LogP contribution in [0.1, 0.15) is 22.3 Å². The maximum Gasteiger partial charge on any atom is 0.252 e. The number of benzene rings is 3. The third kappa shape index (κ3) is 4.48. The van der Waals surface area contributed by atoms with Gasteiger partial charge in [-0.05, 0) is 24.1 Å². The van der Waals surface area contributed by atoms with Gasteiger partial charge in [-0.15, -0.1) is 0 Å². The number of likely N-dealkylation sites (tertiary alicyclic amines) is 1. The first-order valence-corrected chi connectivity index (χ1v) is 10.9. The van der Waals surface area contributed by atoms with Crippen molar-refractivity contribution >= 4 is 5.91 Å². The van der Waals surface area contributed by atoms with Gasteiger partial charge in [0.25, 0.3) is 5.91 Å². The molecule has 2 heterocycles. The molecule has 0 bridgehead atoms. The summed E-state index contributed by atoms with van der Waals surface area (Å²) in [6.45, 7) is 2.73. The van der Waals surface area contributed by atoms with Gasteiger partial charge in [0, 0.05) is 36.8 Å². The lowest BCUT2D eigenvalue weighted by atomic mass is 10.1. The Kier molecular flexibility index (Phi) is 5.81. The van der Waals surface area contributed by atoms with E-state index in [2.05, 4.69) is 39.5 Å². The highest BCUT2D eigenvalue weighted by Crippen LogP contribution is 2.28. The quantitative estimate of drug-likeness (QED) is 0.473. The van der Waals surface area contributed by atoms with Gasteiger partial charge < -0.3 is 9.73 Å². The first kappa shape index (κ1) is 20.2. The van der Waals surface area contributed by atoms with E-state index in [1.165, 1.54) is 5.56 Å². The normalized spacial score (nSPS) is 16.2. The van der Waals surface area contributed by atoms with E-state index in [0.29, 0.717) is 22.8 Å². The molecule has 4 aromatic rings. The van der Waals surface area contributed by atoms with Crippen molar-refractivity contribution in [3.8, 4) is 22.8 Å². The minimum absolute atomic E-state index is 0.0911. The van der Waals surface area contributed by atoms with Crippen LogP contribution >= 0.6 is 0 Å². The lowest BCUT2D eigenvalue weighted by molar-refractivity contribution is 0.0938. The maximum absolute atomic E-state index is 13.1. The van der Waals surface area contributed by atoms with Crippen LogP contribution in [0.2, 0.25) is 0 Å². The van der Waals surface area contributed by atoms with E-state index in [4.69, 9.17) is 4.42 Å². The molecule has 1 aliphatic rings. The van der Waals surface area contributed by atoms with Crippen molar-refractivity contribution in [3.05, 3.63) is 102 Å². The molecule has 3 aromatic carbocycles. The van der Waals surface area contributed by atoms with Crippen LogP contribution in [0, 0.1) is 0 Å². The molecule has 5 nitrogen and oxygen atoms in total. The van der Waals surface area contributed by atoms with Gasteiger partial charge in [0.05, 0.1) is 11.8 Å². The number of aromatic nitrogens is 1. The van der Waals surface area contributed by atoms with Crippen LogP contribution in [0.4, 0.5) is 0 Å². The molecule has 1 N–H and O–H groups in total. The molecule has 0 saturated carbocycles. The minimum atomic E-state index is -0.0911. The summed E-state index contributed by atoms with van der Waals surface area (Å²) in [6, 6.07) is 27.9. The molecule has 0 radical (unpaired) electrons. The second-order valence-electron chi connectivity index (χ2n) is 8.12. The third-order valence-electron chi connectivity index (χ3n) is 5.82. The minimum Gasteiger partial charge on any atom is -0.436 e. The second kappa shape index (κ2) is 9.20. The van der Waals surface area contributed by atoms with E-state index in [-0.39, 0.29) is 11.9 Å². The number of oxazole rings is 1. The van der Waals surface area contributed by atoms with Crippen LogP contribution in [-0.2, 0) is 6.54 Å². The van der Waals surface area contributed by atoms with Crippen molar-refractivity contribution in [3.63, 3.8) is 0 Å². The van der Waals surface area contributed by atoms with Gasteiger partial charge in [-0.1, -0.05) is 72.8 Å². The standard InChI is InChI=1S/C27H25N3O2/c31-26(29-22-15-16-30(19-22)18-20-9-3-1-4-10-20)23-13-7-8-14-24(23)27-28-17-25(32-27)21-11-5-2-6-12-21/h1-14,17,22H,15-16,18-19H2,(H,29,31)/t22-/m0/s1. The van der Waals surface area contributed by atoms with Gasteiger partial charge in [0.1, 0.15) is 0 Å². The SMILES string of the molecule is O=C(N[C@H]1CCN(Cc2ccccc2)C1)c1ccccc1-c1ncc(-c2ccccc2)o1. The Hall–Kier alpha value is -3.70. The van der Waals surface area contributed by atoms with Crippen LogP contribution in [0.5, 0.6) is 0 Å². The molecule has 32 heavy (non-hydrogen) atoms. The fourth-order valence-corrected chi connectivity index (χ4v) is 4.20. The summed E-state index contributed by atoms with van der Waals surface area (Å²) >= 11 is 0. The zero-order valence-corrected chi connectivity index (χ0v) is 17.8. The molecule has 5 rings (SSSR count). The first-order chi connectivity index (χ1) is 15.8. The Labute approximate surface area is 187 Å². The summed E-state index contributed by atoms with van der Waals surface area (Å²) < 4.78 is 6.00. The number of hydrogen-bond acceptors (Lipinski definition) is 4. The Morgan fingerprint density at radius 3 is 2.50 bits per heavy atom. The maximum atomic E-state index is 13.1. The first-order valence-electron chi connectivity index (χ1n) is 10.9. The third-order valence-corrected chi connectivity index (χ3v) is 5.82.